The van der Waals surface area contributed by atoms with E-state index in [1.54, 1.807) is 6.92 Å². The molecule has 1 aromatic rings. The van der Waals surface area contributed by atoms with E-state index in [2.05, 4.69) is 5.32 Å². The number of amides is 1. The third kappa shape index (κ3) is 5.34. The Morgan fingerprint density at radius 2 is 1.88 bits per heavy atom. The van der Waals surface area contributed by atoms with Gasteiger partial charge in [-0.1, -0.05) is 12.1 Å². The molecule has 0 aliphatic carbocycles. The first-order valence-corrected chi connectivity index (χ1v) is 7.16. The van der Waals surface area contributed by atoms with Crippen LogP contribution in [0.3, 0.4) is 0 Å². The van der Waals surface area contributed by atoms with Crippen molar-refractivity contribution in [2.75, 3.05) is 6.61 Å². The summed E-state index contributed by atoms with van der Waals surface area (Å²) in [5.74, 6) is -3.44. The Morgan fingerprint density at radius 1 is 1.29 bits per heavy atom. The minimum atomic E-state index is -1.37. The molecule has 0 aromatic heterocycles. The summed E-state index contributed by atoms with van der Waals surface area (Å²) >= 11 is 0. The molecule has 2 N–H and O–H groups in total. The number of nitro groups is 1. The SMILES string of the molecule is CCOC(=O)C[C@@H](c1ccc([N+](=O)[O-])cc1)[C@@H](NC(C)=O)C(=O)O. The number of hydrogen-bond donors (Lipinski definition) is 2. The van der Waals surface area contributed by atoms with E-state index in [1.165, 1.54) is 24.3 Å². The molecule has 9 heteroatoms. The molecule has 9 nitrogen and oxygen atoms in total. The van der Waals surface area contributed by atoms with Crippen LogP contribution in [-0.2, 0) is 19.1 Å². The van der Waals surface area contributed by atoms with Crippen LogP contribution < -0.4 is 5.32 Å². The van der Waals surface area contributed by atoms with Gasteiger partial charge in [-0.2, -0.15) is 0 Å². The summed E-state index contributed by atoms with van der Waals surface area (Å²) in [5.41, 5.74) is 0.204. The zero-order valence-corrected chi connectivity index (χ0v) is 13.2. The van der Waals surface area contributed by atoms with Crippen LogP contribution in [0.1, 0.15) is 31.7 Å². The number of rotatable bonds is 8. The van der Waals surface area contributed by atoms with Crippen LogP contribution in [0.4, 0.5) is 5.69 Å². The van der Waals surface area contributed by atoms with Crippen molar-refractivity contribution in [2.24, 2.45) is 0 Å². The standard InChI is InChI=1S/C15H18N2O7/c1-3-24-13(19)8-12(14(15(20)21)16-9(2)18)10-4-6-11(7-5-10)17(22)23/h4-7,12,14H,3,8H2,1-2H3,(H,16,18)(H,20,21)/t12-,14+/m0/s1. The van der Waals surface area contributed by atoms with Gasteiger partial charge in [0.15, 0.2) is 0 Å². The Balaban J connectivity index is 3.19. The second kappa shape index (κ2) is 8.61. The number of nitro benzene ring substituents is 1. The smallest absolute Gasteiger partial charge is 0.326 e. The first kappa shape index (κ1) is 19.1. The third-order valence-electron chi connectivity index (χ3n) is 3.25. The predicted octanol–water partition coefficient (Wildman–Crippen LogP) is 1.22. The van der Waals surface area contributed by atoms with Crippen LogP contribution in [0.25, 0.3) is 0 Å². The topological polar surface area (TPSA) is 136 Å². The Bertz CT molecular complexity index is 627. The predicted molar refractivity (Wildman–Crippen MR) is 82.3 cm³/mol. The van der Waals surface area contributed by atoms with Gasteiger partial charge < -0.3 is 15.2 Å². The van der Waals surface area contributed by atoms with Crippen molar-refractivity contribution in [3.05, 3.63) is 39.9 Å². The molecule has 0 radical (unpaired) electrons. The van der Waals surface area contributed by atoms with Crippen LogP contribution in [-0.4, -0.2) is 40.5 Å². The van der Waals surface area contributed by atoms with E-state index in [-0.39, 0.29) is 18.7 Å². The van der Waals surface area contributed by atoms with E-state index in [9.17, 15) is 29.6 Å². The molecule has 1 aromatic carbocycles. The van der Waals surface area contributed by atoms with Gasteiger partial charge in [-0.05, 0) is 12.5 Å². The van der Waals surface area contributed by atoms with Gasteiger partial charge in [0.1, 0.15) is 6.04 Å². The van der Waals surface area contributed by atoms with Crippen LogP contribution in [0.2, 0.25) is 0 Å². The van der Waals surface area contributed by atoms with Crippen molar-refractivity contribution < 1.29 is 29.2 Å². The number of ether oxygens (including phenoxy) is 1. The molecule has 2 atom stereocenters. The molecule has 0 aliphatic heterocycles. The van der Waals surface area contributed by atoms with E-state index in [1.807, 2.05) is 0 Å². The molecule has 0 heterocycles. The molecule has 1 rings (SSSR count). The summed E-state index contributed by atoms with van der Waals surface area (Å²) in [6.45, 7) is 2.90. The first-order chi connectivity index (χ1) is 11.3. The highest BCUT2D eigenvalue weighted by Gasteiger charge is 2.32. The Morgan fingerprint density at radius 3 is 2.29 bits per heavy atom. The summed E-state index contributed by atoms with van der Waals surface area (Å²) in [4.78, 5) is 44.7. The molecule has 0 unspecified atom stereocenters. The molecule has 0 spiro atoms. The summed E-state index contributed by atoms with van der Waals surface area (Å²) < 4.78 is 4.84. The zero-order valence-electron chi connectivity index (χ0n) is 13.2. The fraction of sp³-hybridized carbons (Fsp3) is 0.400. The normalized spacial score (nSPS) is 12.8. The average Bonchev–Trinajstić information content (AvgIpc) is 2.50. The maximum atomic E-state index is 11.8. The number of carbonyl (C=O) groups is 3. The molecule has 0 bridgehead atoms. The zero-order chi connectivity index (χ0) is 18.3. The second-order valence-electron chi connectivity index (χ2n) is 4.98. The molecule has 24 heavy (non-hydrogen) atoms. The molecule has 1 amide bonds. The molecule has 130 valence electrons. The third-order valence-corrected chi connectivity index (χ3v) is 3.25. The second-order valence-corrected chi connectivity index (χ2v) is 4.98. The van der Waals surface area contributed by atoms with Crippen LogP contribution in [0.5, 0.6) is 0 Å². The molecule has 0 fully saturated rings. The number of nitrogens with zero attached hydrogens (tertiary/aromatic N) is 1. The average molecular weight is 338 g/mol. The van der Waals surface area contributed by atoms with Crippen molar-refractivity contribution in [2.45, 2.75) is 32.2 Å². The number of benzene rings is 1. The van der Waals surface area contributed by atoms with Gasteiger partial charge in [0.2, 0.25) is 5.91 Å². The monoisotopic (exact) mass is 338 g/mol. The quantitative estimate of drug-likeness (QED) is 0.413. The van der Waals surface area contributed by atoms with Crippen LogP contribution in [0.15, 0.2) is 24.3 Å². The minimum Gasteiger partial charge on any atom is -0.480 e. The van der Waals surface area contributed by atoms with Gasteiger partial charge in [-0.25, -0.2) is 4.79 Å². The largest absolute Gasteiger partial charge is 0.480 e. The van der Waals surface area contributed by atoms with Crippen LogP contribution >= 0.6 is 0 Å². The van der Waals surface area contributed by atoms with Crippen molar-refractivity contribution in [1.29, 1.82) is 0 Å². The highest BCUT2D eigenvalue weighted by atomic mass is 16.6. The van der Waals surface area contributed by atoms with Crippen molar-refractivity contribution in [3.8, 4) is 0 Å². The van der Waals surface area contributed by atoms with Gasteiger partial charge in [0.25, 0.3) is 5.69 Å². The Hall–Kier alpha value is -2.97. The van der Waals surface area contributed by atoms with E-state index in [0.717, 1.165) is 6.92 Å². The highest BCUT2D eigenvalue weighted by molar-refractivity contribution is 5.84. The summed E-state index contributed by atoms with van der Waals surface area (Å²) in [6, 6.07) is 3.77. The minimum absolute atomic E-state index is 0.129. The maximum Gasteiger partial charge on any atom is 0.326 e. The number of carbonyl (C=O) groups excluding carboxylic acids is 2. The summed E-state index contributed by atoms with van der Waals surface area (Å²) in [7, 11) is 0. The Labute approximate surface area is 137 Å². The van der Waals surface area contributed by atoms with E-state index >= 15 is 0 Å². The molecule has 0 saturated carbocycles. The van der Waals surface area contributed by atoms with Gasteiger partial charge in [-0.15, -0.1) is 0 Å². The van der Waals surface area contributed by atoms with Crippen molar-refractivity contribution in [1.82, 2.24) is 5.32 Å². The number of non-ortho nitro benzene ring substituents is 1. The lowest BCUT2D eigenvalue weighted by molar-refractivity contribution is -0.384. The number of carboxylic acid groups (broad SMARTS) is 1. The number of nitrogens with one attached hydrogen (secondary N) is 1. The number of hydrogen-bond acceptors (Lipinski definition) is 6. The van der Waals surface area contributed by atoms with E-state index in [0.29, 0.717) is 5.56 Å². The number of carboxylic acids is 1. The molecule has 0 saturated heterocycles. The lowest BCUT2D eigenvalue weighted by Gasteiger charge is -2.24. The molecular weight excluding hydrogens is 320 g/mol. The highest BCUT2D eigenvalue weighted by Crippen LogP contribution is 2.26. The number of aliphatic carboxylic acids is 1. The van der Waals surface area contributed by atoms with Gasteiger partial charge in [0.05, 0.1) is 18.0 Å². The molecular formula is C15H18N2O7. The van der Waals surface area contributed by atoms with Gasteiger partial charge in [-0.3, -0.25) is 19.7 Å². The summed E-state index contributed by atoms with van der Waals surface area (Å²) in [5, 5.41) is 22.4. The lowest BCUT2D eigenvalue weighted by Crippen LogP contribution is -2.44. The van der Waals surface area contributed by atoms with Gasteiger partial charge >= 0.3 is 11.9 Å². The maximum absolute atomic E-state index is 11.8. The van der Waals surface area contributed by atoms with Crippen LogP contribution in [0, 0.1) is 10.1 Å². The first-order valence-electron chi connectivity index (χ1n) is 7.16. The Kier molecular flexibility index (Phi) is 6.84. The van der Waals surface area contributed by atoms with E-state index in [4.69, 9.17) is 4.74 Å². The van der Waals surface area contributed by atoms with Crippen molar-refractivity contribution in [3.63, 3.8) is 0 Å². The molecule has 0 aliphatic rings. The fourth-order valence-corrected chi connectivity index (χ4v) is 2.22. The van der Waals surface area contributed by atoms with Gasteiger partial charge in [0, 0.05) is 25.0 Å². The number of esters is 1. The fourth-order valence-electron chi connectivity index (χ4n) is 2.22. The van der Waals surface area contributed by atoms with E-state index < -0.39 is 34.7 Å². The lowest BCUT2D eigenvalue weighted by atomic mass is 9.88. The van der Waals surface area contributed by atoms with Crippen molar-refractivity contribution >= 4 is 23.5 Å². The summed E-state index contributed by atoms with van der Waals surface area (Å²) in [6.07, 6.45) is -0.289.